The number of hydrogen-bond acceptors (Lipinski definition) is 3. The topological polar surface area (TPSA) is 41.6 Å². The molecule has 2 aromatic carbocycles. The van der Waals surface area contributed by atoms with Crippen molar-refractivity contribution in [1.29, 1.82) is 0 Å². The third-order valence-electron chi connectivity index (χ3n) is 5.86. The average Bonchev–Trinajstić information content (AvgIpc) is 2.66. The minimum Gasteiger partial charge on any atom is -0.497 e. The molecule has 1 fully saturated rings. The van der Waals surface area contributed by atoms with E-state index in [1.807, 2.05) is 30.3 Å². The third-order valence-corrected chi connectivity index (χ3v) is 5.86. The van der Waals surface area contributed by atoms with Gasteiger partial charge in [0.1, 0.15) is 5.75 Å². The highest BCUT2D eigenvalue weighted by Crippen LogP contribution is 2.43. The van der Waals surface area contributed by atoms with Crippen molar-refractivity contribution in [1.82, 2.24) is 4.90 Å². The van der Waals surface area contributed by atoms with Crippen LogP contribution >= 0.6 is 0 Å². The van der Waals surface area contributed by atoms with E-state index in [1.165, 1.54) is 11.1 Å². The van der Waals surface area contributed by atoms with Gasteiger partial charge in [-0.25, -0.2) is 0 Å². The zero-order valence-corrected chi connectivity index (χ0v) is 15.4. The van der Waals surface area contributed by atoms with Crippen LogP contribution in [0.25, 0.3) is 0 Å². The number of hydrogen-bond donors (Lipinski definition) is 1. The summed E-state index contributed by atoms with van der Waals surface area (Å²) in [6.45, 7) is 3.73. The normalized spacial score (nSPS) is 24.6. The van der Waals surface area contributed by atoms with Crippen molar-refractivity contribution in [2.75, 3.05) is 25.5 Å². The highest BCUT2D eigenvalue weighted by atomic mass is 16.5. The summed E-state index contributed by atoms with van der Waals surface area (Å²) in [5.74, 6) is 2.11. The highest BCUT2D eigenvalue weighted by Gasteiger charge is 2.39. The molecule has 1 heterocycles. The molecule has 0 radical (unpaired) electrons. The van der Waals surface area contributed by atoms with Crippen molar-refractivity contribution in [3.8, 4) is 5.75 Å². The first-order valence-corrected chi connectivity index (χ1v) is 9.40. The number of likely N-dealkylation sites (tertiary alicyclic amines) is 1. The molecule has 4 nitrogen and oxygen atoms in total. The van der Waals surface area contributed by atoms with E-state index in [4.69, 9.17) is 4.74 Å². The zero-order valence-electron chi connectivity index (χ0n) is 15.4. The Balaban J connectivity index is 1.48. The van der Waals surface area contributed by atoms with Gasteiger partial charge in [-0.05, 0) is 60.1 Å². The fraction of sp³-hybridized carbons (Fsp3) is 0.409. The van der Waals surface area contributed by atoms with Gasteiger partial charge in [-0.2, -0.15) is 0 Å². The Morgan fingerprint density at radius 1 is 1.23 bits per heavy atom. The van der Waals surface area contributed by atoms with Crippen LogP contribution in [0.3, 0.4) is 0 Å². The van der Waals surface area contributed by atoms with Gasteiger partial charge in [0, 0.05) is 18.3 Å². The van der Waals surface area contributed by atoms with Gasteiger partial charge in [-0.15, -0.1) is 0 Å². The molecule has 2 aliphatic rings. The molecule has 0 unspecified atom stereocenters. The molecule has 0 saturated carbocycles. The van der Waals surface area contributed by atoms with E-state index < -0.39 is 0 Å². The minimum atomic E-state index is 0.0716. The fourth-order valence-corrected chi connectivity index (χ4v) is 4.55. The van der Waals surface area contributed by atoms with Gasteiger partial charge in [-0.1, -0.05) is 31.2 Å². The fourth-order valence-electron chi connectivity index (χ4n) is 4.55. The third kappa shape index (κ3) is 3.34. The molecule has 2 aromatic rings. The van der Waals surface area contributed by atoms with Gasteiger partial charge in [0.25, 0.3) is 0 Å². The van der Waals surface area contributed by atoms with Gasteiger partial charge in [0.15, 0.2) is 0 Å². The number of amides is 1. The van der Waals surface area contributed by atoms with Crippen LogP contribution in [0.4, 0.5) is 5.69 Å². The second-order valence-electron chi connectivity index (χ2n) is 7.59. The number of piperidine rings is 1. The number of nitrogens with one attached hydrogen (secondary N) is 1. The molecule has 1 aliphatic heterocycles. The molecule has 2 bridgehead atoms. The smallest absolute Gasteiger partial charge is 0.238 e. The van der Waals surface area contributed by atoms with Gasteiger partial charge in [-0.3, -0.25) is 9.69 Å². The quantitative estimate of drug-likeness (QED) is 0.914. The number of rotatable bonds is 4. The lowest BCUT2D eigenvalue weighted by atomic mass is 9.71. The van der Waals surface area contributed by atoms with Crippen molar-refractivity contribution in [2.24, 2.45) is 5.92 Å². The van der Waals surface area contributed by atoms with Crippen LogP contribution < -0.4 is 10.1 Å². The maximum atomic E-state index is 12.5. The maximum absolute atomic E-state index is 12.5. The lowest BCUT2D eigenvalue weighted by molar-refractivity contribution is -0.118. The molecule has 1 amide bonds. The molecule has 1 aliphatic carbocycles. The van der Waals surface area contributed by atoms with Crippen molar-refractivity contribution in [2.45, 2.75) is 31.7 Å². The van der Waals surface area contributed by atoms with E-state index in [-0.39, 0.29) is 5.91 Å². The van der Waals surface area contributed by atoms with Crippen molar-refractivity contribution in [3.63, 3.8) is 0 Å². The molecule has 4 rings (SSSR count). The number of methoxy groups -OCH3 is 1. The predicted octanol–water partition coefficient (Wildman–Crippen LogP) is 3.68. The summed E-state index contributed by atoms with van der Waals surface area (Å²) in [5.41, 5.74) is 3.72. The Bertz CT molecular complexity index is 790. The standard InChI is InChI=1S/C22H26N2O2/c1-15-13-24(14-22(25)23-17-6-4-3-5-7-17)18-10-16-8-9-19(26-2)12-21(16)20(15)11-18/h3-9,12,15,18,20H,10-11,13-14H2,1-2H3,(H,23,25)/t15-,18-,20+/m1/s1. The summed E-state index contributed by atoms with van der Waals surface area (Å²) in [6.07, 6.45) is 2.14. The Morgan fingerprint density at radius 3 is 2.81 bits per heavy atom. The number of benzene rings is 2. The van der Waals surface area contributed by atoms with Crippen LogP contribution in [0.1, 0.15) is 30.4 Å². The Labute approximate surface area is 155 Å². The summed E-state index contributed by atoms with van der Waals surface area (Å²) < 4.78 is 5.42. The summed E-state index contributed by atoms with van der Waals surface area (Å²) in [7, 11) is 1.73. The summed E-state index contributed by atoms with van der Waals surface area (Å²) in [6, 6.07) is 16.6. The lowest BCUT2D eigenvalue weighted by Gasteiger charge is -2.47. The van der Waals surface area contributed by atoms with E-state index in [2.05, 4.69) is 35.3 Å². The second kappa shape index (κ2) is 7.12. The average molecular weight is 350 g/mol. The molecule has 0 aromatic heterocycles. The number of ether oxygens (including phenoxy) is 1. The predicted molar refractivity (Wildman–Crippen MR) is 104 cm³/mol. The van der Waals surface area contributed by atoms with Crippen molar-refractivity contribution >= 4 is 11.6 Å². The first-order valence-electron chi connectivity index (χ1n) is 9.40. The zero-order chi connectivity index (χ0) is 18.1. The Hall–Kier alpha value is -2.33. The van der Waals surface area contributed by atoms with Crippen LogP contribution in [-0.2, 0) is 11.2 Å². The summed E-state index contributed by atoms with van der Waals surface area (Å²) in [5, 5.41) is 3.02. The maximum Gasteiger partial charge on any atom is 0.238 e. The second-order valence-corrected chi connectivity index (χ2v) is 7.59. The molecule has 1 saturated heterocycles. The van der Waals surface area contributed by atoms with Gasteiger partial charge in [0.2, 0.25) is 5.91 Å². The minimum absolute atomic E-state index is 0.0716. The van der Waals surface area contributed by atoms with E-state index in [0.717, 1.165) is 30.8 Å². The van der Waals surface area contributed by atoms with E-state index in [1.54, 1.807) is 7.11 Å². The van der Waals surface area contributed by atoms with Crippen LogP contribution in [0.15, 0.2) is 48.5 Å². The number of para-hydroxylation sites is 1. The van der Waals surface area contributed by atoms with Crippen LogP contribution in [0.5, 0.6) is 5.75 Å². The van der Waals surface area contributed by atoms with Crippen molar-refractivity contribution in [3.05, 3.63) is 59.7 Å². The van der Waals surface area contributed by atoms with Crippen LogP contribution in [0.2, 0.25) is 0 Å². The number of nitrogens with zero attached hydrogens (tertiary/aromatic N) is 1. The highest BCUT2D eigenvalue weighted by molar-refractivity contribution is 5.92. The molecular formula is C22H26N2O2. The summed E-state index contributed by atoms with van der Waals surface area (Å²) in [4.78, 5) is 14.9. The number of fused-ring (bicyclic) bond motifs is 4. The number of carbonyl (C=O) groups excluding carboxylic acids is 1. The molecule has 4 heteroatoms. The molecular weight excluding hydrogens is 324 g/mol. The lowest BCUT2D eigenvalue weighted by Crippen LogP contribution is -2.51. The number of carbonyl (C=O) groups is 1. The number of anilines is 1. The first-order chi connectivity index (χ1) is 12.6. The SMILES string of the molecule is COc1ccc2c(c1)[C@H]1C[C@@H](C2)N(CC(=O)Nc2ccccc2)C[C@H]1C. The monoisotopic (exact) mass is 350 g/mol. The van der Waals surface area contributed by atoms with E-state index >= 15 is 0 Å². The van der Waals surface area contributed by atoms with Crippen molar-refractivity contribution < 1.29 is 9.53 Å². The largest absolute Gasteiger partial charge is 0.497 e. The van der Waals surface area contributed by atoms with Crippen LogP contribution in [0, 0.1) is 5.92 Å². The molecule has 0 spiro atoms. The van der Waals surface area contributed by atoms with Gasteiger partial charge >= 0.3 is 0 Å². The summed E-state index contributed by atoms with van der Waals surface area (Å²) >= 11 is 0. The molecule has 26 heavy (non-hydrogen) atoms. The van der Waals surface area contributed by atoms with E-state index in [0.29, 0.717) is 24.4 Å². The van der Waals surface area contributed by atoms with Crippen LogP contribution in [-0.4, -0.2) is 37.0 Å². The molecule has 3 atom stereocenters. The van der Waals surface area contributed by atoms with Gasteiger partial charge in [0.05, 0.1) is 13.7 Å². The van der Waals surface area contributed by atoms with E-state index in [9.17, 15) is 4.79 Å². The van der Waals surface area contributed by atoms with Gasteiger partial charge < -0.3 is 10.1 Å². The Kier molecular flexibility index (Phi) is 4.68. The first kappa shape index (κ1) is 17.1. The Morgan fingerprint density at radius 2 is 2.04 bits per heavy atom. The molecule has 136 valence electrons. The molecule has 1 N–H and O–H groups in total.